The van der Waals surface area contributed by atoms with Gasteiger partial charge in [0.1, 0.15) is 5.41 Å². The van der Waals surface area contributed by atoms with Crippen LogP contribution in [0, 0.1) is 5.41 Å². The first-order valence-corrected chi connectivity index (χ1v) is 3.56. The van der Waals surface area contributed by atoms with Gasteiger partial charge in [-0.15, -0.1) is 0 Å². The fourth-order valence-electron chi connectivity index (χ4n) is 1.60. The molecule has 0 aliphatic heterocycles. The molecule has 0 radical (unpaired) electrons. The predicted octanol–water partition coefficient (Wildman–Crippen LogP) is 1.51. The van der Waals surface area contributed by atoms with Gasteiger partial charge in [-0.2, -0.15) is 0 Å². The summed E-state index contributed by atoms with van der Waals surface area (Å²) in [6, 6.07) is 0. The zero-order valence-electron chi connectivity index (χ0n) is 5.95. The topological polar surface area (TPSA) is 37.3 Å². The van der Waals surface area contributed by atoms with Crippen LogP contribution in [0.5, 0.6) is 0 Å². The second-order valence-electron chi connectivity index (χ2n) is 2.86. The molecule has 0 saturated carbocycles. The van der Waals surface area contributed by atoms with Crippen LogP contribution in [0.2, 0.25) is 0 Å². The van der Waals surface area contributed by atoms with Gasteiger partial charge in [0.05, 0.1) is 0 Å². The Labute approximate surface area is 64.5 Å². The number of hydrogen-bond donors (Lipinski definition) is 1. The molecular weight excluding hydrogens is 140 g/mol. The molecule has 0 bridgehead atoms. The molecule has 0 aromatic rings. The van der Waals surface area contributed by atoms with Gasteiger partial charge in [-0.05, 0) is 12.0 Å². The van der Waals surface area contributed by atoms with Crippen LogP contribution >= 0.6 is 0 Å². The molecule has 0 heterocycles. The molecule has 56 valence electrons. The molecule has 0 aromatic carbocycles. The average molecular weight is 148 g/mol. The Balaban J connectivity index is 2.48. The van der Waals surface area contributed by atoms with E-state index in [1.54, 1.807) is 6.08 Å². The number of carbonyl (C=O) groups is 1. The van der Waals surface area contributed by atoms with E-state index < -0.39 is 11.4 Å². The Morgan fingerprint density at radius 2 is 2.45 bits per heavy atom. The lowest BCUT2D eigenvalue weighted by atomic mass is 9.84. The van der Waals surface area contributed by atoms with Crippen LogP contribution in [0.4, 0.5) is 0 Å². The zero-order chi connectivity index (χ0) is 7.90. The van der Waals surface area contributed by atoms with E-state index in [-0.39, 0.29) is 0 Å². The number of allylic oxidation sites excluding steroid dienone is 4. The highest BCUT2D eigenvalue weighted by molar-refractivity contribution is 5.85. The smallest absolute Gasteiger partial charge is 0.318 e. The van der Waals surface area contributed by atoms with Crippen LogP contribution in [-0.2, 0) is 4.79 Å². The van der Waals surface area contributed by atoms with Gasteiger partial charge in [-0.1, -0.05) is 30.4 Å². The van der Waals surface area contributed by atoms with Crippen LogP contribution in [-0.4, -0.2) is 11.1 Å². The van der Waals surface area contributed by atoms with E-state index in [1.807, 2.05) is 24.3 Å². The second-order valence-corrected chi connectivity index (χ2v) is 2.86. The molecule has 2 aliphatic rings. The van der Waals surface area contributed by atoms with Gasteiger partial charge in [-0.25, -0.2) is 0 Å². The zero-order valence-corrected chi connectivity index (χ0v) is 5.95. The molecule has 0 saturated heterocycles. The maximum absolute atomic E-state index is 10.9. The molecule has 2 rings (SSSR count). The van der Waals surface area contributed by atoms with E-state index in [0.29, 0.717) is 6.42 Å². The van der Waals surface area contributed by atoms with Crippen molar-refractivity contribution in [2.24, 2.45) is 5.41 Å². The van der Waals surface area contributed by atoms with E-state index in [4.69, 9.17) is 5.11 Å². The third kappa shape index (κ3) is 0.638. The van der Waals surface area contributed by atoms with Gasteiger partial charge < -0.3 is 5.11 Å². The number of aliphatic carboxylic acids is 1. The Morgan fingerprint density at radius 1 is 1.64 bits per heavy atom. The molecule has 2 nitrogen and oxygen atoms in total. The van der Waals surface area contributed by atoms with Crippen LogP contribution < -0.4 is 0 Å². The van der Waals surface area contributed by atoms with Crippen LogP contribution in [0.15, 0.2) is 36.0 Å². The Hall–Kier alpha value is -1.31. The highest BCUT2D eigenvalue weighted by atomic mass is 16.4. The standard InChI is InChI=1S/C9H8O2/c10-8(11)9-5-1-3-7(9)4-2-6-9/h1-5H,6H2,(H,10,11). The third-order valence-corrected chi connectivity index (χ3v) is 2.29. The summed E-state index contributed by atoms with van der Waals surface area (Å²) >= 11 is 0. The summed E-state index contributed by atoms with van der Waals surface area (Å²) in [5.41, 5.74) is 0.199. The van der Waals surface area contributed by atoms with E-state index in [2.05, 4.69) is 0 Å². The normalized spacial score (nSPS) is 32.2. The van der Waals surface area contributed by atoms with E-state index >= 15 is 0 Å². The van der Waals surface area contributed by atoms with Crippen molar-refractivity contribution < 1.29 is 9.90 Å². The second kappa shape index (κ2) is 1.84. The minimum Gasteiger partial charge on any atom is -0.480 e. The van der Waals surface area contributed by atoms with Crippen molar-refractivity contribution in [2.45, 2.75) is 6.42 Å². The lowest BCUT2D eigenvalue weighted by molar-refractivity contribution is -0.143. The van der Waals surface area contributed by atoms with Gasteiger partial charge in [0.15, 0.2) is 0 Å². The molecule has 0 spiro atoms. The Kier molecular flexibility index (Phi) is 1.07. The molecule has 1 atom stereocenters. The molecule has 11 heavy (non-hydrogen) atoms. The number of hydrogen-bond acceptors (Lipinski definition) is 1. The quantitative estimate of drug-likeness (QED) is 0.612. The van der Waals surface area contributed by atoms with Crippen LogP contribution in [0.1, 0.15) is 6.42 Å². The first-order valence-electron chi connectivity index (χ1n) is 3.56. The van der Waals surface area contributed by atoms with E-state index in [1.165, 1.54) is 0 Å². The lowest BCUT2D eigenvalue weighted by Crippen LogP contribution is -2.25. The van der Waals surface area contributed by atoms with Crippen LogP contribution in [0.25, 0.3) is 0 Å². The fourth-order valence-corrected chi connectivity index (χ4v) is 1.60. The van der Waals surface area contributed by atoms with Crippen molar-refractivity contribution in [3.63, 3.8) is 0 Å². The van der Waals surface area contributed by atoms with Gasteiger partial charge in [0.25, 0.3) is 0 Å². The first kappa shape index (κ1) is 6.40. The van der Waals surface area contributed by atoms with Gasteiger partial charge in [-0.3, -0.25) is 4.79 Å². The number of carboxylic acids is 1. The van der Waals surface area contributed by atoms with Crippen molar-refractivity contribution in [3.8, 4) is 0 Å². The van der Waals surface area contributed by atoms with Crippen molar-refractivity contribution in [1.82, 2.24) is 0 Å². The molecule has 1 N–H and O–H groups in total. The molecule has 1 unspecified atom stereocenters. The summed E-state index contributed by atoms with van der Waals surface area (Å²) in [6.45, 7) is 0. The molecular formula is C9H8O2. The summed E-state index contributed by atoms with van der Waals surface area (Å²) < 4.78 is 0. The van der Waals surface area contributed by atoms with E-state index in [0.717, 1.165) is 5.57 Å². The average Bonchev–Trinajstić information content (AvgIpc) is 2.40. The van der Waals surface area contributed by atoms with Gasteiger partial charge in [0, 0.05) is 0 Å². The van der Waals surface area contributed by atoms with Crippen molar-refractivity contribution in [2.75, 3.05) is 0 Å². The SMILES string of the molecule is O=C(O)C12C=CC=C1C=CC2. The van der Waals surface area contributed by atoms with Crippen molar-refractivity contribution in [1.29, 1.82) is 0 Å². The highest BCUT2D eigenvalue weighted by Crippen LogP contribution is 2.42. The molecule has 2 heteroatoms. The minimum atomic E-state index is -0.748. The van der Waals surface area contributed by atoms with Crippen LogP contribution in [0.3, 0.4) is 0 Å². The van der Waals surface area contributed by atoms with Gasteiger partial charge >= 0.3 is 5.97 Å². The number of fused-ring (bicyclic) bond motifs is 1. The summed E-state index contributed by atoms with van der Waals surface area (Å²) in [4.78, 5) is 10.9. The minimum absolute atomic E-state index is 0.602. The maximum Gasteiger partial charge on any atom is 0.318 e. The van der Waals surface area contributed by atoms with Gasteiger partial charge in [0.2, 0.25) is 0 Å². The number of rotatable bonds is 1. The van der Waals surface area contributed by atoms with Crippen molar-refractivity contribution in [3.05, 3.63) is 36.0 Å². The first-order chi connectivity index (χ1) is 5.26. The maximum atomic E-state index is 10.9. The summed E-state index contributed by atoms with van der Waals surface area (Å²) in [5.74, 6) is -0.748. The Morgan fingerprint density at radius 3 is 3.09 bits per heavy atom. The lowest BCUT2D eigenvalue weighted by Gasteiger charge is -2.17. The fraction of sp³-hybridized carbons (Fsp3) is 0.222. The largest absolute Gasteiger partial charge is 0.480 e. The molecule has 0 aromatic heterocycles. The highest BCUT2D eigenvalue weighted by Gasteiger charge is 2.42. The molecule has 0 amide bonds. The summed E-state index contributed by atoms with van der Waals surface area (Å²) in [6.07, 6.45) is 9.82. The molecule has 0 fully saturated rings. The van der Waals surface area contributed by atoms with Crippen molar-refractivity contribution >= 4 is 5.97 Å². The number of carboxylic acid groups (broad SMARTS) is 1. The molecule has 2 aliphatic carbocycles. The predicted molar refractivity (Wildman–Crippen MR) is 41.0 cm³/mol. The Bertz CT molecular complexity index is 297. The monoisotopic (exact) mass is 148 g/mol. The van der Waals surface area contributed by atoms with E-state index in [9.17, 15) is 4.79 Å². The summed E-state index contributed by atoms with van der Waals surface area (Å²) in [5, 5.41) is 8.94. The summed E-state index contributed by atoms with van der Waals surface area (Å²) in [7, 11) is 0. The third-order valence-electron chi connectivity index (χ3n) is 2.29.